The van der Waals surface area contributed by atoms with E-state index in [2.05, 4.69) is 37.0 Å². The Kier molecular flexibility index (Phi) is 5.96. The van der Waals surface area contributed by atoms with Crippen LogP contribution in [0, 0.1) is 13.8 Å². The zero-order chi connectivity index (χ0) is 22.0. The fourth-order valence-electron chi connectivity index (χ4n) is 3.63. The highest BCUT2D eigenvalue weighted by atomic mass is 32.2. The summed E-state index contributed by atoms with van der Waals surface area (Å²) in [5.74, 6) is -0.250. The van der Waals surface area contributed by atoms with Crippen molar-refractivity contribution >= 4 is 29.3 Å². The van der Waals surface area contributed by atoms with E-state index in [4.69, 9.17) is 0 Å². The molecule has 156 valence electrons. The van der Waals surface area contributed by atoms with Crippen molar-refractivity contribution in [2.24, 2.45) is 0 Å². The number of carbonyl (C=O) groups excluding carboxylic acids is 2. The molecule has 4 rings (SSSR count). The normalized spacial score (nSPS) is 12.6. The van der Waals surface area contributed by atoms with Gasteiger partial charge in [0.25, 0.3) is 11.8 Å². The van der Waals surface area contributed by atoms with E-state index in [1.807, 2.05) is 43.3 Å². The third-order valence-corrected chi connectivity index (χ3v) is 6.48. The minimum Gasteiger partial charge on any atom is -0.349 e. The van der Waals surface area contributed by atoms with E-state index in [1.54, 1.807) is 28.8 Å². The van der Waals surface area contributed by atoms with Crippen LogP contribution in [0.25, 0.3) is 0 Å². The molecule has 0 atom stereocenters. The number of rotatable bonds is 5. The van der Waals surface area contributed by atoms with Crippen LogP contribution in [0.2, 0.25) is 0 Å². The summed E-state index contributed by atoms with van der Waals surface area (Å²) in [6.45, 7) is 8.58. The van der Waals surface area contributed by atoms with Crippen LogP contribution in [-0.2, 0) is 6.54 Å². The molecule has 1 N–H and O–H groups in total. The third kappa shape index (κ3) is 4.28. The number of nitrogens with zero attached hydrogens (tertiary/aromatic N) is 1. The van der Waals surface area contributed by atoms with Crippen molar-refractivity contribution in [1.82, 2.24) is 5.32 Å². The molecule has 3 aromatic carbocycles. The van der Waals surface area contributed by atoms with E-state index in [1.165, 1.54) is 0 Å². The highest BCUT2D eigenvalue weighted by Gasteiger charge is 2.28. The molecule has 1 heterocycles. The highest BCUT2D eigenvalue weighted by molar-refractivity contribution is 7.99. The zero-order valence-corrected chi connectivity index (χ0v) is 18.5. The van der Waals surface area contributed by atoms with Gasteiger partial charge in [0.2, 0.25) is 0 Å². The van der Waals surface area contributed by atoms with Gasteiger partial charge in [0.15, 0.2) is 0 Å². The maximum Gasteiger partial charge on any atom is 0.259 e. The second kappa shape index (κ2) is 8.82. The average molecular weight is 429 g/mol. The molecule has 0 radical (unpaired) electrons. The van der Waals surface area contributed by atoms with Crippen molar-refractivity contribution in [2.45, 2.75) is 30.2 Å². The Balaban J connectivity index is 1.83. The van der Waals surface area contributed by atoms with Crippen LogP contribution in [0.5, 0.6) is 0 Å². The van der Waals surface area contributed by atoms with Gasteiger partial charge >= 0.3 is 0 Å². The monoisotopic (exact) mass is 428 g/mol. The third-order valence-electron chi connectivity index (χ3n) is 5.33. The molecule has 4 nitrogen and oxygen atoms in total. The van der Waals surface area contributed by atoms with E-state index in [0.717, 1.165) is 32.2 Å². The number of amides is 2. The Morgan fingerprint density at radius 2 is 1.87 bits per heavy atom. The van der Waals surface area contributed by atoms with Gasteiger partial charge < -0.3 is 10.2 Å². The first-order valence-corrected chi connectivity index (χ1v) is 11.0. The van der Waals surface area contributed by atoms with Crippen molar-refractivity contribution in [3.05, 3.63) is 101 Å². The molecule has 31 heavy (non-hydrogen) atoms. The van der Waals surface area contributed by atoms with Gasteiger partial charge in [-0.15, -0.1) is 6.58 Å². The number of carbonyl (C=O) groups is 2. The van der Waals surface area contributed by atoms with Gasteiger partial charge in [0.05, 0.1) is 17.8 Å². The molecule has 0 unspecified atom stereocenters. The maximum atomic E-state index is 13.7. The van der Waals surface area contributed by atoms with Crippen LogP contribution in [0.3, 0.4) is 0 Å². The van der Waals surface area contributed by atoms with Crippen LogP contribution in [0.15, 0.2) is 83.1 Å². The van der Waals surface area contributed by atoms with Crippen LogP contribution in [-0.4, -0.2) is 18.4 Å². The lowest BCUT2D eigenvalue weighted by atomic mass is 10.0. The molecule has 0 bridgehead atoms. The number of fused-ring (bicyclic) bond motifs is 2. The smallest absolute Gasteiger partial charge is 0.259 e. The molecule has 0 spiro atoms. The van der Waals surface area contributed by atoms with Crippen LogP contribution >= 0.6 is 11.8 Å². The highest BCUT2D eigenvalue weighted by Crippen LogP contribution is 2.42. The number of aryl methyl sites for hydroxylation is 2. The zero-order valence-electron chi connectivity index (χ0n) is 17.6. The second-order valence-electron chi connectivity index (χ2n) is 7.60. The van der Waals surface area contributed by atoms with Gasteiger partial charge in [-0.05, 0) is 55.3 Å². The summed E-state index contributed by atoms with van der Waals surface area (Å²) in [5.41, 5.74) is 5.31. The van der Waals surface area contributed by atoms with Crippen LogP contribution < -0.4 is 10.2 Å². The Morgan fingerprint density at radius 3 is 2.68 bits per heavy atom. The lowest BCUT2D eigenvalue weighted by Gasteiger charge is -2.25. The summed E-state index contributed by atoms with van der Waals surface area (Å²) < 4.78 is 0. The first-order valence-electron chi connectivity index (χ1n) is 10.2. The first kappa shape index (κ1) is 20.9. The standard InChI is InChI=1S/C26H24N2O2S/c1-4-13-27-25(29)19-11-12-24-22(15-19)28(16-20-14-17(2)9-10-18(20)3)26(30)21-7-5-6-8-23(21)31-24/h4-12,14-15H,1,13,16H2,2-3H3,(H,27,29). The lowest BCUT2D eigenvalue weighted by Crippen LogP contribution is -2.31. The Morgan fingerprint density at radius 1 is 1.06 bits per heavy atom. The van der Waals surface area contributed by atoms with Crippen molar-refractivity contribution in [2.75, 3.05) is 11.4 Å². The minimum atomic E-state index is -0.186. The van der Waals surface area contributed by atoms with Crippen molar-refractivity contribution in [1.29, 1.82) is 0 Å². The van der Waals surface area contributed by atoms with E-state index in [-0.39, 0.29) is 11.8 Å². The van der Waals surface area contributed by atoms with Gasteiger partial charge in [-0.1, -0.05) is 53.7 Å². The number of benzene rings is 3. The first-order chi connectivity index (χ1) is 15.0. The minimum absolute atomic E-state index is 0.0635. The summed E-state index contributed by atoms with van der Waals surface area (Å²) in [5, 5.41) is 2.81. The maximum absolute atomic E-state index is 13.7. The van der Waals surface area contributed by atoms with Gasteiger partial charge in [-0.2, -0.15) is 0 Å². The molecule has 1 aliphatic heterocycles. The largest absolute Gasteiger partial charge is 0.349 e. The van der Waals surface area contributed by atoms with Crippen LogP contribution in [0.1, 0.15) is 37.4 Å². The molecule has 0 fully saturated rings. The summed E-state index contributed by atoms with van der Waals surface area (Å²) in [6, 6.07) is 19.5. The summed E-state index contributed by atoms with van der Waals surface area (Å²) in [6.07, 6.45) is 1.64. The predicted octanol–water partition coefficient (Wildman–Crippen LogP) is 5.53. The van der Waals surface area contributed by atoms with Gasteiger partial charge in [-0.25, -0.2) is 0 Å². The van der Waals surface area contributed by atoms with E-state index >= 15 is 0 Å². The van der Waals surface area contributed by atoms with Gasteiger partial charge in [-0.3, -0.25) is 9.59 Å². The Bertz CT molecular complexity index is 1190. The topological polar surface area (TPSA) is 49.4 Å². The summed E-state index contributed by atoms with van der Waals surface area (Å²) in [7, 11) is 0. The molecule has 2 amide bonds. The predicted molar refractivity (Wildman–Crippen MR) is 126 cm³/mol. The fourth-order valence-corrected chi connectivity index (χ4v) is 4.68. The van der Waals surface area contributed by atoms with Gasteiger partial charge in [0, 0.05) is 21.9 Å². The molecular weight excluding hydrogens is 404 g/mol. The quantitative estimate of drug-likeness (QED) is 0.544. The van der Waals surface area contributed by atoms with Crippen LogP contribution in [0.4, 0.5) is 5.69 Å². The summed E-state index contributed by atoms with van der Waals surface area (Å²) in [4.78, 5) is 29.9. The van der Waals surface area contributed by atoms with Crippen molar-refractivity contribution < 1.29 is 9.59 Å². The summed E-state index contributed by atoms with van der Waals surface area (Å²) >= 11 is 1.56. The number of hydrogen-bond acceptors (Lipinski definition) is 3. The van der Waals surface area contributed by atoms with E-state index in [0.29, 0.717) is 24.2 Å². The Labute approximate surface area is 187 Å². The molecule has 3 aromatic rings. The van der Waals surface area contributed by atoms with Crippen molar-refractivity contribution in [3.8, 4) is 0 Å². The van der Waals surface area contributed by atoms with E-state index in [9.17, 15) is 9.59 Å². The lowest BCUT2D eigenvalue weighted by molar-refractivity contribution is 0.0953. The average Bonchev–Trinajstić information content (AvgIpc) is 2.89. The SMILES string of the molecule is C=CCNC(=O)c1ccc2c(c1)N(Cc1cc(C)ccc1C)C(=O)c1ccccc1S2. The number of anilines is 1. The molecule has 0 aromatic heterocycles. The Hall–Kier alpha value is -3.31. The van der Waals surface area contributed by atoms with E-state index < -0.39 is 0 Å². The molecule has 1 aliphatic rings. The molecule has 5 heteroatoms. The second-order valence-corrected chi connectivity index (χ2v) is 8.68. The molecule has 0 aliphatic carbocycles. The molecular formula is C26H24N2O2S. The fraction of sp³-hybridized carbons (Fsp3) is 0.154. The number of hydrogen-bond donors (Lipinski definition) is 1. The van der Waals surface area contributed by atoms with Crippen molar-refractivity contribution in [3.63, 3.8) is 0 Å². The number of nitrogens with one attached hydrogen (secondary N) is 1. The molecule has 0 saturated carbocycles. The molecule has 0 saturated heterocycles. The van der Waals surface area contributed by atoms with Gasteiger partial charge in [0.1, 0.15) is 0 Å².